The van der Waals surface area contributed by atoms with Crippen LogP contribution in [0.1, 0.15) is 16.1 Å². The minimum absolute atomic E-state index is 0.00523. The van der Waals surface area contributed by atoms with Crippen LogP contribution in [-0.2, 0) is 11.8 Å². The first-order valence-corrected chi connectivity index (χ1v) is 9.04. The predicted molar refractivity (Wildman–Crippen MR) is 97.9 cm³/mol. The van der Waals surface area contributed by atoms with Crippen molar-refractivity contribution < 1.29 is 9.53 Å². The molecule has 1 amide bonds. The number of aryl methyl sites for hydroxylation is 2. The molecule has 0 spiro atoms. The zero-order chi connectivity index (χ0) is 17.5. The molecular formula is C17H22ClN3O2S. The number of aromatic nitrogens is 2. The summed E-state index contributed by atoms with van der Waals surface area (Å²) in [5, 5.41) is 4.98. The molecule has 0 radical (unpaired) electrons. The maximum absolute atomic E-state index is 12.8. The number of methoxy groups -OCH3 is 1. The molecule has 0 bridgehead atoms. The molecule has 0 aliphatic rings. The van der Waals surface area contributed by atoms with Gasteiger partial charge in [0.2, 0.25) is 0 Å². The molecule has 1 aromatic carbocycles. The summed E-state index contributed by atoms with van der Waals surface area (Å²) in [5.74, 6) is 0.797. The Hall–Kier alpha value is -1.50. The van der Waals surface area contributed by atoms with E-state index in [0.717, 1.165) is 21.4 Å². The Bertz CT molecular complexity index is 673. The van der Waals surface area contributed by atoms with Gasteiger partial charge in [0, 0.05) is 49.1 Å². The number of nitrogens with zero attached hydrogens (tertiary/aromatic N) is 3. The quantitative estimate of drug-likeness (QED) is 0.672. The van der Waals surface area contributed by atoms with Gasteiger partial charge in [-0.25, -0.2) is 0 Å². The van der Waals surface area contributed by atoms with Gasteiger partial charge in [0.15, 0.2) is 0 Å². The molecule has 5 nitrogen and oxygen atoms in total. The average Bonchev–Trinajstić information content (AvgIpc) is 2.90. The van der Waals surface area contributed by atoms with Crippen LogP contribution in [0.3, 0.4) is 0 Å². The number of rotatable bonds is 8. The second kappa shape index (κ2) is 9.11. The molecular weight excluding hydrogens is 346 g/mol. The van der Waals surface area contributed by atoms with Crippen molar-refractivity contribution in [2.45, 2.75) is 11.8 Å². The van der Waals surface area contributed by atoms with E-state index in [0.29, 0.717) is 25.3 Å². The van der Waals surface area contributed by atoms with E-state index in [1.54, 1.807) is 29.8 Å². The summed E-state index contributed by atoms with van der Waals surface area (Å²) >= 11 is 7.59. The van der Waals surface area contributed by atoms with Crippen LogP contribution in [0.15, 0.2) is 35.4 Å². The average molecular weight is 368 g/mol. The number of carbonyl (C=O) groups is 1. The molecule has 0 unspecified atom stereocenters. The van der Waals surface area contributed by atoms with E-state index >= 15 is 0 Å². The summed E-state index contributed by atoms with van der Waals surface area (Å²) in [5.41, 5.74) is 1.39. The van der Waals surface area contributed by atoms with Crippen molar-refractivity contribution >= 4 is 29.3 Å². The second-order valence-electron chi connectivity index (χ2n) is 5.39. The summed E-state index contributed by atoms with van der Waals surface area (Å²) in [7, 11) is 3.46. The molecule has 24 heavy (non-hydrogen) atoms. The number of hydrogen-bond donors (Lipinski definition) is 0. The number of halogens is 1. The van der Waals surface area contributed by atoms with Crippen LogP contribution in [0.2, 0.25) is 5.02 Å². The van der Waals surface area contributed by atoms with Crippen LogP contribution in [0.5, 0.6) is 0 Å². The van der Waals surface area contributed by atoms with Crippen molar-refractivity contribution in [3.8, 4) is 0 Å². The fourth-order valence-electron chi connectivity index (χ4n) is 2.30. The zero-order valence-electron chi connectivity index (χ0n) is 14.2. The van der Waals surface area contributed by atoms with Crippen molar-refractivity contribution in [2.24, 2.45) is 7.05 Å². The minimum Gasteiger partial charge on any atom is -0.383 e. The van der Waals surface area contributed by atoms with Gasteiger partial charge in [-0.05, 0) is 31.2 Å². The highest BCUT2D eigenvalue weighted by Crippen LogP contribution is 2.20. The lowest BCUT2D eigenvalue weighted by molar-refractivity contribution is 0.0707. The topological polar surface area (TPSA) is 47.4 Å². The molecule has 130 valence electrons. The fourth-order valence-corrected chi connectivity index (χ4v) is 3.30. The van der Waals surface area contributed by atoms with E-state index in [1.807, 2.05) is 43.1 Å². The van der Waals surface area contributed by atoms with Crippen molar-refractivity contribution in [3.05, 3.63) is 46.7 Å². The summed E-state index contributed by atoms with van der Waals surface area (Å²) in [6.07, 6.45) is 1.77. The first-order chi connectivity index (χ1) is 11.5. The van der Waals surface area contributed by atoms with Crippen LogP contribution in [0, 0.1) is 6.92 Å². The van der Waals surface area contributed by atoms with Gasteiger partial charge in [-0.1, -0.05) is 11.6 Å². The van der Waals surface area contributed by atoms with Crippen LogP contribution in [0.25, 0.3) is 0 Å². The van der Waals surface area contributed by atoms with Crippen LogP contribution >= 0.6 is 23.4 Å². The molecule has 1 aromatic heterocycles. The van der Waals surface area contributed by atoms with Crippen LogP contribution in [0.4, 0.5) is 0 Å². The van der Waals surface area contributed by atoms with E-state index < -0.39 is 0 Å². The van der Waals surface area contributed by atoms with E-state index in [-0.39, 0.29) is 5.91 Å². The lowest BCUT2D eigenvalue weighted by atomic mass is 10.2. The predicted octanol–water partition coefficient (Wildman–Crippen LogP) is 3.26. The molecule has 2 rings (SSSR count). The monoisotopic (exact) mass is 367 g/mol. The molecule has 0 fully saturated rings. The van der Waals surface area contributed by atoms with Gasteiger partial charge < -0.3 is 9.64 Å². The first-order valence-electron chi connectivity index (χ1n) is 7.68. The SMILES string of the molecule is COCCN(CCSc1ccc(Cl)cc1)C(=O)c1cn(C)nc1C. The lowest BCUT2D eigenvalue weighted by Crippen LogP contribution is -2.36. The summed E-state index contributed by atoms with van der Waals surface area (Å²) in [6, 6.07) is 7.71. The Labute approximate surface area is 151 Å². The third kappa shape index (κ3) is 5.26. The summed E-state index contributed by atoms with van der Waals surface area (Å²) in [6.45, 7) is 3.57. The van der Waals surface area contributed by atoms with Gasteiger partial charge >= 0.3 is 0 Å². The van der Waals surface area contributed by atoms with E-state index in [4.69, 9.17) is 16.3 Å². The highest BCUT2D eigenvalue weighted by molar-refractivity contribution is 7.99. The van der Waals surface area contributed by atoms with Crippen molar-refractivity contribution in [3.63, 3.8) is 0 Å². The number of amides is 1. The fraction of sp³-hybridized carbons (Fsp3) is 0.412. The Kier molecular flexibility index (Phi) is 7.15. The lowest BCUT2D eigenvalue weighted by Gasteiger charge is -2.22. The molecule has 0 saturated heterocycles. The Balaban J connectivity index is 1.98. The number of ether oxygens (including phenoxy) is 1. The van der Waals surface area contributed by atoms with Crippen molar-refractivity contribution in [1.29, 1.82) is 0 Å². The number of benzene rings is 1. The zero-order valence-corrected chi connectivity index (χ0v) is 15.7. The Morgan fingerprint density at radius 3 is 2.62 bits per heavy atom. The van der Waals surface area contributed by atoms with E-state index in [9.17, 15) is 4.79 Å². The van der Waals surface area contributed by atoms with Crippen molar-refractivity contribution in [2.75, 3.05) is 32.6 Å². The smallest absolute Gasteiger partial charge is 0.257 e. The molecule has 0 atom stereocenters. The maximum Gasteiger partial charge on any atom is 0.257 e. The third-order valence-corrected chi connectivity index (χ3v) is 4.78. The van der Waals surface area contributed by atoms with Gasteiger partial charge in [-0.3, -0.25) is 9.48 Å². The van der Waals surface area contributed by atoms with Crippen molar-refractivity contribution in [1.82, 2.24) is 14.7 Å². The normalized spacial score (nSPS) is 10.8. The molecule has 0 N–H and O–H groups in total. The largest absolute Gasteiger partial charge is 0.383 e. The van der Waals surface area contributed by atoms with Gasteiger partial charge in [0.1, 0.15) is 0 Å². The Morgan fingerprint density at radius 1 is 1.33 bits per heavy atom. The molecule has 2 aromatic rings. The Morgan fingerprint density at radius 2 is 2.04 bits per heavy atom. The minimum atomic E-state index is -0.00523. The highest BCUT2D eigenvalue weighted by atomic mass is 35.5. The van der Waals surface area contributed by atoms with E-state index in [1.165, 1.54) is 0 Å². The number of hydrogen-bond acceptors (Lipinski definition) is 4. The molecule has 0 aliphatic carbocycles. The molecule has 0 saturated carbocycles. The molecule has 0 aliphatic heterocycles. The van der Waals surface area contributed by atoms with E-state index in [2.05, 4.69) is 5.10 Å². The van der Waals surface area contributed by atoms with Gasteiger partial charge in [-0.15, -0.1) is 11.8 Å². The summed E-state index contributed by atoms with van der Waals surface area (Å²) < 4.78 is 6.80. The van der Waals surface area contributed by atoms with Gasteiger partial charge in [0.25, 0.3) is 5.91 Å². The number of carbonyl (C=O) groups excluding carboxylic acids is 1. The first kappa shape index (κ1) is 18.8. The highest BCUT2D eigenvalue weighted by Gasteiger charge is 2.19. The van der Waals surface area contributed by atoms with Gasteiger partial charge in [-0.2, -0.15) is 5.10 Å². The molecule has 1 heterocycles. The summed E-state index contributed by atoms with van der Waals surface area (Å²) in [4.78, 5) is 15.7. The van der Waals surface area contributed by atoms with Crippen LogP contribution in [-0.4, -0.2) is 53.1 Å². The number of thioether (sulfide) groups is 1. The maximum atomic E-state index is 12.8. The third-order valence-electron chi connectivity index (χ3n) is 3.54. The second-order valence-corrected chi connectivity index (χ2v) is 6.99. The molecule has 7 heteroatoms. The van der Waals surface area contributed by atoms with Gasteiger partial charge in [0.05, 0.1) is 17.9 Å². The van der Waals surface area contributed by atoms with Crippen LogP contribution < -0.4 is 0 Å². The standard InChI is InChI=1S/C17H22ClN3O2S/c1-13-16(12-20(2)19-13)17(22)21(8-10-23-3)9-11-24-15-6-4-14(18)5-7-15/h4-7,12H,8-11H2,1-3H3.